The van der Waals surface area contributed by atoms with Crippen molar-refractivity contribution in [3.63, 3.8) is 0 Å². The molecule has 0 spiro atoms. The van der Waals surface area contributed by atoms with Crippen LogP contribution in [-0.2, 0) is 23.6 Å². The molecule has 1 atom stereocenters. The fourth-order valence-electron chi connectivity index (χ4n) is 3.00. The summed E-state index contributed by atoms with van der Waals surface area (Å²) < 4.78 is 24.6. The highest BCUT2D eigenvalue weighted by atomic mass is 32.2. The van der Waals surface area contributed by atoms with Gasteiger partial charge in [-0.3, -0.25) is 9.58 Å². The third-order valence-corrected chi connectivity index (χ3v) is 5.18. The number of nitrogens with two attached hydrogens (primary N) is 1. The Bertz CT molecular complexity index is 608. The van der Waals surface area contributed by atoms with E-state index in [1.54, 1.807) is 0 Å². The molecule has 2 heterocycles. The summed E-state index contributed by atoms with van der Waals surface area (Å²) in [5.41, 5.74) is 0. The van der Waals surface area contributed by atoms with Gasteiger partial charge in [-0.1, -0.05) is 6.42 Å². The zero-order chi connectivity index (χ0) is 15.0. The molecule has 0 radical (unpaired) electrons. The van der Waals surface area contributed by atoms with E-state index in [0.29, 0.717) is 12.5 Å². The van der Waals surface area contributed by atoms with E-state index < -0.39 is 10.0 Å². The lowest BCUT2D eigenvalue weighted by atomic mass is 10.0. The fourth-order valence-corrected chi connectivity index (χ4v) is 3.91. The van der Waals surface area contributed by atoms with E-state index in [4.69, 9.17) is 5.14 Å². The van der Waals surface area contributed by atoms with Crippen LogP contribution in [0.15, 0.2) is 0 Å². The number of rotatable bonds is 5. The van der Waals surface area contributed by atoms with Gasteiger partial charge in [-0.05, 0) is 32.2 Å². The molecule has 3 rings (SSSR count). The van der Waals surface area contributed by atoms with Gasteiger partial charge in [-0.2, -0.15) is 5.10 Å². The number of likely N-dealkylation sites (tertiary alicyclic amines) is 1. The monoisotopic (exact) mass is 313 g/mol. The van der Waals surface area contributed by atoms with Gasteiger partial charge in [0.15, 0.2) is 5.82 Å². The second-order valence-corrected chi connectivity index (χ2v) is 7.89. The predicted octanol–water partition coefficient (Wildman–Crippen LogP) is 0.336. The van der Waals surface area contributed by atoms with Crippen LogP contribution in [0.25, 0.3) is 0 Å². The first-order chi connectivity index (χ1) is 9.92. The first kappa shape index (κ1) is 14.9. The van der Waals surface area contributed by atoms with Crippen LogP contribution >= 0.6 is 0 Å². The van der Waals surface area contributed by atoms with Crippen LogP contribution in [0.1, 0.15) is 49.7 Å². The summed E-state index contributed by atoms with van der Waals surface area (Å²) in [6.07, 6.45) is 5.39. The molecule has 0 amide bonds. The number of hydrogen-bond donors (Lipinski definition) is 1. The van der Waals surface area contributed by atoms with Gasteiger partial charge < -0.3 is 0 Å². The van der Waals surface area contributed by atoms with Crippen molar-refractivity contribution >= 4 is 10.0 Å². The molecule has 1 saturated heterocycles. The average molecular weight is 313 g/mol. The summed E-state index contributed by atoms with van der Waals surface area (Å²) in [5, 5.41) is 9.69. The summed E-state index contributed by atoms with van der Waals surface area (Å²) >= 11 is 0. The maximum atomic E-state index is 11.4. The number of primary sulfonamides is 1. The summed E-state index contributed by atoms with van der Waals surface area (Å²) in [5.74, 6) is 2.41. The number of sulfonamides is 1. The Morgan fingerprint density at radius 2 is 2.05 bits per heavy atom. The molecular weight excluding hydrogens is 290 g/mol. The van der Waals surface area contributed by atoms with Gasteiger partial charge in [0.1, 0.15) is 5.82 Å². The Hall–Kier alpha value is -0.990. The molecule has 1 aliphatic carbocycles. The van der Waals surface area contributed by atoms with E-state index in [1.165, 1.54) is 12.8 Å². The predicted molar refractivity (Wildman–Crippen MR) is 79.0 cm³/mol. The summed E-state index contributed by atoms with van der Waals surface area (Å²) in [4.78, 5) is 6.82. The van der Waals surface area contributed by atoms with Crippen LogP contribution in [-0.4, -0.2) is 46.4 Å². The van der Waals surface area contributed by atoms with Crippen molar-refractivity contribution in [2.45, 2.75) is 50.6 Å². The number of aryl methyl sites for hydroxylation is 1. The van der Waals surface area contributed by atoms with Crippen LogP contribution in [0.5, 0.6) is 0 Å². The third-order valence-electron chi connectivity index (χ3n) is 4.33. The Morgan fingerprint density at radius 3 is 2.71 bits per heavy atom. The molecule has 0 bridgehead atoms. The molecule has 1 aliphatic heterocycles. The molecule has 7 nitrogen and oxygen atoms in total. The van der Waals surface area contributed by atoms with Gasteiger partial charge in [0.05, 0.1) is 12.3 Å². The maximum Gasteiger partial charge on any atom is 0.210 e. The fraction of sp³-hybridized carbons (Fsp3) is 0.846. The normalized spacial score (nSPS) is 24.4. The number of hydrogen-bond acceptors (Lipinski definition) is 5. The molecule has 8 heteroatoms. The lowest BCUT2D eigenvalue weighted by Gasteiger charge is -2.34. The smallest absolute Gasteiger partial charge is 0.210 e. The van der Waals surface area contributed by atoms with E-state index in [2.05, 4.69) is 15.0 Å². The second-order valence-electron chi connectivity index (χ2n) is 6.23. The van der Waals surface area contributed by atoms with Crippen LogP contribution < -0.4 is 5.14 Å². The zero-order valence-corrected chi connectivity index (χ0v) is 13.2. The van der Waals surface area contributed by atoms with Crippen molar-refractivity contribution < 1.29 is 8.42 Å². The van der Waals surface area contributed by atoms with E-state index in [-0.39, 0.29) is 11.8 Å². The molecular formula is C13H23N5O2S. The molecule has 21 heavy (non-hydrogen) atoms. The van der Waals surface area contributed by atoms with Crippen LogP contribution in [0, 0.1) is 0 Å². The Labute approximate surface area is 125 Å². The lowest BCUT2D eigenvalue weighted by Crippen LogP contribution is -2.44. The summed E-state index contributed by atoms with van der Waals surface area (Å²) in [6.45, 7) is 1.54. The molecule has 1 aromatic heterocycles. The number of piperidine rings is 1. The van der Waals surface area contributed by atoms with E-state index in [9.17, 15) is 8.42 Å². The molecule has 2 aliphatic rings. The SMILES string of the molecule is Cn1nc(C2CC2)nc1CN1CCCCC1CS(N)(=O)=O. The maximum absolute atomic E-state index is 11.4. The largest absolute Gasteiger partial charge is 0.292 e. The van der Waals surface area contributed by atoms with Crippen molar-refractivity contribution in [3.8, 4) is 0 Å². The molecule has 0 aromatic carbocycles. The minimum atomic E-state index is -3.44. The molecule has 1 saturated carbocycles. The van der Waals surface area contributed by atoms with Crippen LogP contribution in [0.4, 0.5) is 0 Å². The van der Waals surface area contributed by atoms with Gasteiger partial charge in [-0.15, -0.1) is 0 Å². The van der Waals surface area contributed by atoms with Crippen molar-refractivity contribution in [2.24, 2.45) is 12.2 Å². The van der Waals surface area contributed by atoms with Gasteiger partial charge in [0, 0.05) is 19.0 Å². The van der Waals surface area contributed by atoms with Crippen LogP contribution in [0.3, 0.4) is 0 Å². The van der Waals surface area contributed by atoms with E-state index in [1.807, 2.05) is 11.7 Å². The van der Waals surface area contributed by atoms with Gasteiger partial charge in [0.2, 0.25) is 10.0 Å². The van der Waals surface area contributed by atoms with Gasteiger partial charge in [0.25, 0.3) is 0 Å². The minimum Gasteiger partial charge on any atom is -0.292 e. The van der Waals surface area contributed by atoms with Gasteiger partial charge >= 0.3 is 0 Å². The van der Waals surface area contributed by atoms with Crippen molar-refractivity contribution in [1.82, 2.24) is 19.7 Å². The molecule has 2 fully saturated rings. The van der Waals surface area contributed by atoms with Crippen LogP contribution in [0.2, 0.25) is 0 Å². The number of nitrogens with zero attached hydrogens (tertiary/aromatic N) is 4. The van der Waals surface area contributed by atoms with E-state index in [0.717, 1.165) is 37.5 Å². The number of aromatic nitrogens is 3. The van der Waals surface area contributed by atoms with Crippen molar-refractivity contribution in [1.29, 1.82) is 0 Å². The second kappa shape index (κ2) is 5.66. The highest BCUT2D eigenvalue weighted by Gasteiger charge is 2.30. The zero-order valence-electron chi connectivity index (χ0n) is 12.4. The minimum absolute atomic E-state index is 0.00479. The molecule has 1 aromatic rings. The molecule has 2 N–H and O–H groups in total. The Balaban J connectivity index is 1.71. The molecule has 1 unspecified atom stereocenters. The Kier molecular flexibility index (Phi) is 4.02. The standard InChI is InChI=1S/C13H23N5O2S/c1-17-12(15-13(16-17)10-5-6-10)8-18-7-3-2-4-11(18)9-21(14,19)20/h10-11H,2-9H2,1H3,(H2,14,19,20). The van der Waals surface area contributed by atoms with Crippen molar-refractivity contribution in [2.75, 3.05) is 12.3 Å². The highest BCUT2D eigenvalue weighted by Crippen LogP contribution is 2.38. The molecule has 118 valence electrons. The quantitative estimate of drug-likeness (QED) is 0.845. The summed E-state index contributed by atoms with van der Waals surface area (Å²) in [7, 11) is -1.53. The average Bonchev–Trinajstić information content (AvgIpc) is 3.16. The van der Waals surface area contributed by atoms with Crippen molar-refractivity contribution in [3.05, 3.63) is 11.6 Å². The lowest BCUT2D eigenvalue weighted by molar-refractivity contribution is 0.149. The van der Waals surface area contributed by atoms with E-state index >= 15 is 0 Å². The topological polar surface area (TPSA) is 94.1 Å². The van der Waals surface area contributed by atoms with Gasteiger partial charge in [-0.25, -0.2) is 18.5 Å². The Morgan fingerprint density at radius 1 is 1.29 bits per heavy atom. The summed E-state index contributed by atoms with van der Waals surface area (Å²) in [6, 6.07) is -0.00479. The first-order valence-electron chi connectivity index (χ1n) is 7.57. The third kappa shape index (κ3) is 3.81. The highest BCUT2D eigenvalue weighted by molar-refractivity contribution is 7.89. The first-order valence-corrected chi connectivity index (χ1v) is 9.28.